The number of aromatic amines is 1. The summed E-state index contributed by atoms with van der Waals surface area (Å²) >= 11 is 0. The summed E-state index contributed by atoms with van der Waals surface area (Å²) in [6.45, 7) is 7.63. The molecule has 0 spiro atoms. The van der Waals surface area contributed by atoms with Crippen LogP contribution in [0.4, 0.5) is 0 Å². The highest BCUT2D eigenvalue weighted by molar-refractivity contribution is 5.94. The van der Waals surface area contributed by atoms with Gasteiger partial charge in [0.25, 0.3) is 5.91 Å². The van der Waals surface area contributed by atoms with Crippen LogP contribution in [0.5, 0.6) is 5.75 Å². The Labute approximate surface area is 165 Å². The van der Waals surface area contributed by atoms with Crippen LogP contribution in [0, 0.1) is 6.92 Å². The predicted molar refractivity (Wildman–Crippen MR) is 106 cm³/mol. The maximum Gasteiger partial charge on any atom is 0.272 e. The van der Waals surface area contributed by atoms with Crippen LogP contribution < -0.4 is 15.4 Å². The molecule has 0 fully saturated rings. The van der Waals surface area contributed by atoms with E-state index in [1.54, 1.807) is 0 Å². The average Bonchev–Trinajstić information content (AvgIpc) is 3.08. The average molecular weight is 395 g/mol. The number of amides is 1. The summed E-state index contributed by atoms with van der Waals surface area (Å²) in [5, 5.41) is 13.4. The van der Waals surface area contributed by atoms with Gasteiger partial charge >= 0.3 is 0 Å². The first-order valence-electron chi connectivity index (χ1n) is 9.04. The second-order valence-corrected chi connectivity index (χ2v) is 6.30. The number of H-pyrrole nitrogens is 1. The van der Waals surface area contributed by atoms with Crippen LogP contribution >= 0.6 is 12.4 Å². The van der Waals surface area contributed by atoms with Crippen LogP contribution in [-0.4, -0.2) is 42.5 Å². The molecule has 0 saturated heterocycles. The molecule has 148 valence electrons. The van der Waals surface area contributed by atoms with Crippen LogP contribution in [0.25, 0.3) is 0 Å². The van der Waals surface area contributed by atoms with E-state index in [1.165, 1.54) is 0 Å². The number of ether oxygens (including phenoxy) is 2. The molecule has 8 heteroatoms. The maximum atomic E-state index is 12.5. The lowest BCUT2D eigenvalue weighted by atomic mass is 10.1. The third kappa shape index (κ3) is 5.45. The molecule has 1 aliphatic rings. The number of hydrogen-bond donors (Lipinski definition) is 3. The highest BCUT2D eigenvalue weighted by atomic mass is 35.5. The summed E-state index contributed by atoms with van der Waals surface area (Å²) in [6.07, 6.45) is 0.866. The highest BCUT2D eigenvalue weighted by Crippen LogP contribution is 2.21. The lowest BCUT2D eigenvalue weighted by Gasteiger charge is -2.14. The van der Waals surface area contributed by atoms with Crippen molar-refractivity contribution in [1.29, 1.82) is 0 Å². The van der Waals surface area contributed by atoms with Crippen molar-refractivity contribution in [2.75, 3.05) is 26.4 Å². The first-order valence-corrected chi connectivity index (χ1v) is 9.04. The fraction of sp³-hybridized carbons (Fsp3) is 0.474. The van der Waals surface area contributed by atoms with Crippen molar-refractivity contribution in [1.82, 2.24) is 20.8 Å². The Bertz CT molecular complexity index is 763. The molecular formula is C19H27ClN4O3. The van der Waals surface area contributed by atoms with Crippen LogP contribution in [0.3, 0.4) is 0 Å². The zero-order valence-corrected chi connectivity index (χ0v) is 16.6. The van der Waals surface area contributed by atoms with E-state index in [4.69, 9.17) is 9.47 Å². The van der Waals surface area contributed by atoms with Crippen molar-refractivity contribution < 1.29 is 14.3 Å². The zero-order chi connectivity index (χ0) is 18.4. The minimum atomic E-state index is -0.174. The van der Waals surface area contributed by atoms with Gasteiger partial charge in [-0.1, -0.05) is 12.1 Å². The van der Waals surface area contributed by atoms with E-state index in [2.05, 4.69) is 20.8 Å². The molecule has 1 aromatic heterocycles. The van der Waals surface area contributed by atoms with Crippen molar-refractivity contribution >= 4 is 18.3 Å². The third-order valence-corrected chi connectivity index (χ3v) is 4.37. The number of nitrogens with one attached hydrogen (secondary N) is 3. The van der Waals surface area contributed by atoms with Gasteiger partial charge in [-0.3, -0.25) is 9.89 Å². The molecule has 3 rings (SSSR count). The molecule has 7 nitrogen and oxygen atoms in total. The number of nitrogens with zero attached hydrogens (tertiary/aromatic N) is 1. The molecule has 0 aliphatic carbocycles. The number of carbonyl (C=O) groups is 1. The Balaban J connectivity index is 0.00000261. The Morgan fingerprint density at radius 1 is 1.33 bits per heavy atom. The number of aromatic nitrogens is 2. The monoisotopic (exact) mass is 394 g/mol. The lowest BCUT2D eigenvalue weighted by Crippen LogP contribution is -2.28. The van der Waals surface area contributed by atoms with Gasteiger partial charge in [0, 0.05) is 49.5 Å². The molecule has 2 aromatic rings. The van der Waals surface area contributed by atoms with E-state index in [9.17, 15) is 4.79 Å². The first kappa shape index (κ1) is 21.2. The molecule has 1 aliphatic heterocycles. The fourth-order valence-corrected chi connectivity index (χ4v) is 2.97. The van der Waals surface area contributed by atoms with Crippen LogP contribution in [0.1, 0.15) is 39.8 Å². The standard InChI is InChI=1S/C19H26N4O3.ClH/c1-3-25-8-9-26-17-10-13(2)4-5-14(17)11-21-19(24)18-15-12-20-7-6-16(15)22-23-18;/h4-5,10,20H,3,6-9,11-12H2,1-2H3,(H,21,24)(H,22,23);1H. The minimum Gasteiger partial charge on any atom is -0.491 e. The van der Waals surface area contributed by atoms with Crippen molar-refractivity contribution in [3.63, 3.8) is 0 Å². The molecule has 3 N–H and O–H groups in total. The molecule has 0 saturated carbocycles. The highest BCUT2D eigenvalue weighted by Gasteiger charge is 2.21. The van der Waals surface area contributed by atoms with Crippen LogP contribution in [0.15, 0.2) is 18.2 Å². The van der Waals surface area contributed by atoms with E-state index in [0.29, 0.717) is 38.6 Å². The van der Waals surface area contributed by atoms with E-state index in [1.807, 2.05) is 32.0 Å². The number of halogens is 1. The van der Waals surface area contributed by atoms with Crippen molar-refractivity contribution in [3.8, 4) is 5.75 Å². The molecule has 1 amide bonds. The van der Waals surface area contributed by atoms with Gasteiger partial charge < -0.3 is 20.1 Å². The van der Waals surface area contributed by atoms with Gasteiger partial charge in [0.15, 0.2) is 5.69 Å². The molecule has 1 aromatic carbocycles. The second kappa shape index (κ2) is 10.3. The second-order valence-electron chi connectivity index (χ2n) is 6.30. The van der Waals surface area contributed by atoms with Gasteiger partial charge in [0.05, 0.1) is 6.61 Å². The van der Waals surface area contributed by atoms with Gasteiger partial charge in [-0.2, -0.15) is 5.10 Å². The quantitative estimate of drug-likeness (QED) is 0.597. The maximum absolute atomic E-state index is 12.5. The number of aryl methyl sites for hydroxylation is 1. The molecule has 0 atom stereocenters. The summed E-state index contributed by atoms with van der Waals surface area (Å²) in [7, 11) is 0. The van der Waals surface area contributed by atoms with Crippen molar-refractivity contribution in [3.05, 3.63) is 46.3 Å². The van der Waals surface area contributed by atoms with E-state index in [-0.39, 0.29) is 18.3 Å². The summed E-state index contributed by atoms with van der Waals surface area (Å²) in [4.78, 5) is 12.5. The van der Waals surface area contributed by atoms with Crippen LogP contribution in [0.2, 0.25) is 0 Å². The van der Waals surface area contributed by atoms with Gasteiger partial charge in [-0.15, -0.1) is 12.4 Å². The number of fused-ring (bicyclic) bond motifs is 1. The molecule has 0 unspecified atom stereocenters. The molecule has 2 heterocycles. The Morgan fingerprint density at radius 2 is 2.19 bits per heavy atom. The Hall–Kier alpha value is -2.09. The van der Waals surface area contributed by atoms with Gasteiger partial charge in [-0.25, -0.2) is 0 Å². The summed E-state index contributed by atoms with van der Waals surface area (Å²) < 4.78 is 11.1. The van der Waals surface area contributed by atoms with Crippen molar-refractivity contribution in [2.24, 2.45) is 0 Å². The number of benzene rings is 1. The number of rotatable bonds is 8. The van der Waals surface area contributed by atoms with E-state index in [0.717, 1.165) is 41.1 Å². The van der Waals surface area contributed by atoms with Gasteiger partial charge in [0.2, 0.25) is 0 Å². The largest absolute Gasteiger partial charge is 0.491 e. The Kier molecular flexibility index (Phi) is 8.09. The normalized spacial score (nSPS) is 12.8. The smallest absolute Gasteiger partial charge is 0.272 e. The summed E-state index contributed by atoms with van der Waals surface area (Å²) in [6, 6.07) is 5.97. The summed E-state index contributed by atoms with van der Waals surface area (Å²) in [5.74, 6) is 0.600. The zero-order valence-electron chi connectivity index (χ0n) is 15.8. The lowest BCUT2D eigenvalue weighted by molar-refractivity contribution is 0.0943. The fourth-order valence-electron chi connectivity index (χ4n) is 2.97. The Morgan fingerprint density at radius 3 is 3.00 bits per heavy atom. The van der Waals surface area contributed by atoms with Crippen molar-refractivity contribution in [2.45, 2.75) is 33.4 Å². The molecule has 27 heavy (non-hydrogen) atoms. The van der Waals surface area contributed by atoms with E-state index < -0.39 is 0 Å². The van der Waals surface area contributed by atoms with Gasteiger partial charge in [0.1, 0.15) is 12.4 Å². The number of hydrogen-bond acceptors (Lipinski definition) is 5. The van der Waals surface area contributed by atoms with Gasteiger partial charge in [-0.05, 0) is 25.5 Å². The molecule has 0 radical (unpaired) electrons. The van der Waals surface area contributed by atoms with Crippen LogP contribution in [-0.2, 0) is 24.2 Å². The predicted octanol–water partition coefficient (Wildman–Crippen LogP) is 2.13. The summed E-state index contributed by atoms with van der Waals surface area (Å²) in [5.41, 5.74) is 4.52. The molecular weight excluding hydrogens is 368 g/mol. The number of carbonyl (C=O) groups excluding carboxylic acids is 1. The topological polar surface area (TPSA) is 88.3 Å². The minimum absolute atomic E-state index is 0. The van der Waals surface area contributed by atoms with E-state index >= 15 is 0 Å². The molecule has 0 bridgehead atoms. The third-order valence-electron chi connectivity index (χ3n) is 4.37. The first-order chi connectivity index (χ1) is 12.7. The SMILES string of the molecule is CCOCCOc1cc(C)ccc1CNC(=O)c1n[nH]c2c1CNCC2.Cl.